The van der Waals surface area contributed by atoms with Gasteiger partial charge in [-0.15, -0.1) is 0 Å². The van der Waals surface area contributed by atoms with Crippen LogP contribution in [-0.4, -0.2) is 75.7 Å². The molecule has 174 valence electrons. The number of hydrogen-bond acceptors (Lipinski definition) is 10. The molecule has 4 atom stereocenters. The number of methoxy groups -OCH3 is 1. The predicted molar refractivity (Wildman–Crippen MR) is 106 cm³/mol. The van der Waals surface area contributed by atoms with Gasteiger partial charge in [-0.1, -0.05) is 30.3 Å². The SMILES string of the molecule is COC(=O)[C@H](NC(=O)OCc1ccccc1)[C@H]1OC(C)(C)O[C@@H]1[C@H](O)COS(C)(=O)=O. The van der Waals surface area contributed by atoms with Crippen LogP contribution in [-0.2, 0) is 44.7 Å². The quantitative estimate of drug-likeness (QED) is 0.389. The topological polar surface area (TPSA) is 147 Å². The molecular weight excluding hydrogens is 434 g/mol. The third-order valence-electron chi connectivity index (χ3n) is 4.27. The standard InChI is InChI=1S/C19H27NO10S/c1-19(2)29-15(13(21)11-28-31(4,24)25)16(30-19)14(17(22)26-3)20-18(23)27-10-12-8-6-5-7-9-12/h5-9,13-16,21H,10-11H2,1-4H3,(H,20,23)/t13-,14-,15-,16-/m1/s1. The molecule has 0 aliphatic carbocycles. The molecule has 2 N–H and O–H groups in total. The van der Waals surface area contributed by atoms with Crippen molar-refractivity contribution in [3.05, 3.63) is 35.9 Å². The number of benzene rings is 1. The molecule has 31 heavy (non-hydrogen) atoms. The summed E-state index contributed by atoms with van der Waals surface area (Å²) in [6.07, 6.45) is -4.02. The van der Waals surface area contributed by atoms with Crippen molar-refractivity contribution in [1.82, 2.24) is 5.32 Å². The minimum atomic E-state index is -3.83. The normalized spacial score (nSPS) is 22.4. The molecule has 11 nitrogen and oxygen atoms in total. The Balaban J connectivity index is 2.13. The summed E-state index contributed by atoms with van der Waals surface area (Å²) in [7, 11) is -2.71. The van der Waals surface area contributed by atoms with Gasteiger partial charge in [0.1, 0.15) is 24.9 Å². The second kappa shape index (κ2) is 10.4. The van der Waals surface area contributed by atoms with Crippen molar-refractivity contribution in [1.29, 1.82) is 0 Å². The summed E-state index contributed by atoms with van der Waals surface area (Å²) in [5.41, 5.74) is 0.736. The summed E-state index contributed by atoms with van der Waals surface area (Å²) in [5, 5.41) is 12.8. The lowest BCUT2D eigenvalue weighted by molar-refractivity contribution is -0.161. The van der Waals surface area contributed by atoms with E-state index in [1.165, 1.54) is 13.8 Å². The third kappa shape index (κ3) is 7.74. The summed E-state index contributed by atoms with van der Waals surface area (Å²) in [5.74, 6) is -2.12. The number of alkyl carbamates (subject to hydrolysis) is 1. The van der Waals surface area contributed by atoms with Crippen molar-refractivity contribution in [3.63, 3.8) is 0 Å². The molecule has 0 spiro atoms. The van der Waals surface area contributed by atoms with E-state index in [0.717, 1.165) is 18.9 Å². The second-order valence-corrected chi connectivity index (χ2v) is 8.97. The van der Waals surface area contributed by atoms with E-state index < -0.39 is 58.9 Å². The van der Waals surface area contributed by atoms with Crippen molar-refractivity contribution in [2.24, 2.45) is 0 Å². The molecule has 1 fully saturated rings. The maximum absolute atomic E-state index is 12.4. The highest BCUT2D eigenvalue weighted by molar-refractivity contribution is 7.85. The number of nitrogens with one attached hydrogen (secondary N) is 1. The van der Waals surface area contributed by atoms with E-state index in [1.54, 1.807) is 24.3 Å². The Kier molecular flexibility index (Phi) is 8.37. The Labute approximate surface area is 180 Å². The Hall–Kier alpha value is -2.25. The Morgan fingerprint density at radius 1 is 1.19 bits per heavy atom. The van der Waals surface area contributed by atoms with E-state index in [0.29, 0.717) is 0 Å². The first kappa shape index (κ1) is 25.0. The molecule has 0 saturated carbocycles. The number of carbonyl (C=O) groups is 2. The Morgan fingerprint density at radius 3 is 2.39 bits per heavy atom. The molecule has 1 heterocycles. The van der Waals surface area contributed by atoms with Crippen LogP contribution >= 0.6 is 0 Å². The largest absolute Gasteiger partial charge is 0.467 e. The molecule has 1 aromatic rings. The van der Waals surface area contributed by atoms with Crippen LogP contribution in [0.2, 0.25) is 0 Å². The minimum Gasteiger partial charge on any atom is -0.467 e. The van der Waals surface area contributed by atoms with Crippen LogP contribution in [0.25, 0.3) is 0 Å². The van der Waals surface area contributed by atoms with Crippen LogP contribution < -0.4 is 5.32 Å². The fraction of sp³-hybridized carbons (Fsp3) is 0.579. The van der Waals surface area contributed by atoms with Gasteiger partial charge in [-0.25, -0.2) is 9.59 Å². The number of rotatable bonds is 9. The van der Waals surface area contributed by atoms with E-state index in [1.807, 2.05) is 6.07 Å². The number of ether oxygens (including phenoxy) is 4. The van der Waals surface area contributed by atoms with Gasteiger partial charge in [-0.2, -0.15) is 8.42 Å². The highest BCUT2D eigenvalue weighted by atomic mass is 32.2. The second-order valence-electron chi connectivity index (χ2n) is 7.33. The molecular formula is C19H27NO10S. The van der Waals surface area contributed by atoms with Gasteiger partial charge in [0.25, 0.3) is 10.1 Å². The van der Waals surface area contributed by atoms with Gasteiger partial charge in [0.2, 0.25) is 0 Å². The van der Waals surface area contributed by atoms with E-state index in [2.05, 4.69) is 9.50 Å². The summed E-state index contributed by atoms with van der Waals surface area (Å²) < 4.78 is 48.3. The van der Waals surface area contributed by atoms with Crippen molar-refractivity contribution in [3.8, 4) is 0 Å². The number of aliphatic hydroxyl groups is 1. The number of hydrogen-bond donors (Lipinski definition) is 2. The molecule has 12 heteroatoms. The van der Waals surface area contributed by atoms with Gasteiger partial charge in [-0.3, -0.25) is 4.18 Å². The Morgan fingerprint density at radius 2 is 1.81 bits per heavy atom. The van der Waals surface area contributed by atoms with Crippen LogP contribution in [0.4, 0.5) is 4.79 Å². The van der Waals surface area contributed by atoms with Crippen LogP contribution in [0, 0.1) is 0 Å². The van der Waals surface area contributed by atoms with Crippen LogP contribution in [0.15, 0.2) is 30.3 Å². The molecule has 2 rings (SSSR count). The smallest absolute Gasteiger partial charge is 0.408 e. The maximum Gasteiger partial charge on any atom is 0.408 e. The lowest BCUT2D eigenvalue weighted by atomic mass is 10.0. The summed E-state index contributed by atoms with van der Waals surface area (Å²) >= 11 is 0. The third-order valence-corrected chi connectivity index (χ3v) is 4.83. The van der Waals surface area contributed by atoms with Gasteiger partial charge in [0.15, 0.2) is 11.8 Å². The van der Waals surface area contributed by atoms with Crippen LogP contribution in [0.3, 0.4) is 0 Å². The minimum absolute atomic E-state index is 0.0393. The van der Waals surface area contributed by atoms with Gasteiger partial charge in [0, 0.05) is 0 Å². The highest BCUT2D eigenvalue weighted by Crippen LogP contribution is 2.32. The summed E-state index contributed by atoms with van der Waals surface area (Å²) in [6.45, 7) is 2.40. The molecule has 1 amide bonds. The monoisotopic (exact) mass is 461 g/mol. The van der Waals surface area contributed by atoms with Crippen molar-refractivity contribution < 1.29 is 46.2 Å². The first-order chi connectivity index (χ1) is 14.4. The molecule has 0 bridgehead atoms. The maximum atomic E-state index is 12.4. The number of amides is 1. The first-order valence-corrected chi connectivity index (χ1v) is 11.2. The van der Waals surface area contributed by atoms with Crippen molar-refractivity contribution >= 4 is 22.2 Å². The van der Waals surface area contributed by atoms with Crippen molar-refractivity contribution in [2.45, 2.75) is 50.6 Å². The zero-order valence-electron chi connectivity index (χ0n) is 17.6. The molecule has 0 radical (unpaired) electrons. The van der Waals surface area contributed by atoms with E-state index in [9.17, 15) is 23.1 Å². The summed E-state index contributed by atoms with van der Waals surface area (Å²) in [4.78, 5) is 24.7. The zero-order valence-corrected chi connectivity index (χ0v) is 18.5. The summed E-state index contributed by atoms with van der Waals surface area (Å²) in [6, 6.07) is 7.49. The van der Waals surface area contributed by atoms with E-state index >= 15 is 0 Å². The van der Waals surface area contributed by atoms with Gasteiger partial charge in [-0.05, 0) is 19.4 Å². The lowest BCUT2D eigenvalue weighted by Gasteiger charge is -2.27. The number of esters is 1. The number of aliphatic hydroxyl groups excluding tert-OH is 1. The number of carbonyl (C=O) groups excluding carboxylic acids is 2. The predicted octanol–water partition coefficient (Wildman–Crippen LogP) is 0.312. The van der Waals surface area contributed by atoms with Crippen LogP contribution in [0.1, 0.15) is 19.4 Å². The molecule has 0 aromatic heterocycles. The Bertz CT molecular complexity index is 858. The van der Waals surface area contributed by atoms with Gasteiger partial charge < -0.3 is 29.4 Å². The highest BCUT2D eigenvalue weighted by Gasteiger charge is 2.51. The lowest BCUT2D eigenvalue weighted by Crippen LogP contribution is -2.55. The molecule has 1 saturated heterocycles. The first-order valence-electron chi connectivity index (χ1n) is 9.35. The fourth-order valence-corrected chi connectivity index (χ4v) is 3.34. The van der Waals surface area contributed by atoms with E-state index in [-0.39, 0.29) is 6.61 Å². The zero-order chi connectivity index (χ0) is 23.2. The van der Waals surface area contributed by atoms with Gasteiger partial charge in [0.05, 0.1) is 20.0 Å². The average Bonchev–Trinajstić information content (AvgIpc) is 3.03. The van der Waals surface area contributed by atoms with Crippen LogP contribution in [0.5, 0.6) is 0 Å². The average molecular weight is 461 g/mol. The fourth-order valence-electron chi connectivity index (χ4n) is 2.95. The van der Waals surface area contributed by atoms with E-state index in [4.69, 9.17) is 18.9 Å². The molecule has 1 aliphatic heterocycles. The van der Waals surface area contributed by atoms with Gasteiger partial charge >= 0.3 is 12.1 Å². The molecule has 0 unspecified atom stereocenters. The molecule has 1 aromatic carbocycles. The van der Waals surface area contributed by atoms with Crippen molar-refractivity contribution in [2.75, 3.05) is 20.0 Å². The molecule has 1 aliphatic rings.